The fraction of sp³-hybridized carbons (Fsp3) is 0.882. The molecule has 7 unspecified atom stereocenters. The van der Waals surface area contributed by atoms with Gasteiger partial charge >= 0.3 is 0 Å². The molecule has 27 heavy (non-hydrogen) atoms. The molecule has 0 aromatic rings. The van der Waals surface area contributed by atoms with Gasteiger partial charge in [0.15, 0.2) is 18.9 Å². The molecule has 0 aliphatic carbocycles. The van der Waals surface area contributed by atoms with Gasteiger partial charge in [-0.15, -0.1) is 0 Å². The van der Waals surface area contributed by atoms with Crippen molar-refractivity contribution in [1.82, 2.24) is 9.80 Å². The average molecular weight is 388 g/mol. The summed E-state index contributed by atoms with van der Waals surface area (Å²) < 4.78 is 28.0. The monoisotopic (exact) mass is 388 g/mol. The summed E-state index contributed by atoms with van der Waals surface area (Å²) in [5.41, 5.74) is 0. The van der Waals surface area contributed by atoms with Crippen molar-refractivity contribution in [2.75, 3.05) is 33.8 Å². The normalized spacial score (nSPS) is 38.0. The lowest BCUT2D eigenvalue weighted by atomic mass is 10.1. The molecule has 3 fully saturated rings. The fourth-order valence-corrected chi connectivity index (χ4v) is 3.29. The van der Waals surface area contributed by atoms with E-state index in [0.717, 1.165) is 0 Å². The van der Waals surface area contributed by atoms with Crippen LogP contribution in [0.1, 0.15) is 20.3 Å². The zero-order valence-corrected chi connectivity index (χ0v) is 16.1. The van der Waals surface area contributed by atoms with Crippen molar-refractivity contribution in [3.8, 4) is 0 Å². The van der Waals surface area contributed by atoms with Gasteiger partial charge < -0.3 is 38.6 Å². The van der Waals surface area contributed by atoms with Crippen LogP contribution in [-0.4, -0.2) is 104 Å². The van der Waals surface area contributed by atoms with E-state index in [-0.39, 0.29) is 37.2 Å². The largest absolute Gasteiger partial charge is 0.387 e. The highest BCUT2D eigenvalue weighted by molar-refractivity contribution is 5.96. The van der Waals surface area contributed by atoms with Gasteiger partial charge in [0.1, 0.15) is 30.8 Å². The summed E-state index contributed by atoms with van der Waals surface area (Å²) in [6, 6.07) is 0. The topological polar surface area (TPSA) is 107 Å². The first kappa shape index (κ1) is 20.4. The van der Waals surface area contributed by atoms with E-state index in [0.29, 0.717) is 13.2 Å². The fourth-order valence-electron chi connectivity index (χ4n) is 3.29. The molecule has 3 saturated heterocycles. The van der Waals surface area contributed by atoms with Gasteiger partial charge in [-0.25, -0.2) is 0 Å². The second-order valence-corrected chi connectivity index (χ2v) is 7.06. The first-order valence-electron chi connectivity index (χ1n) is 9.19. The SMILES string of the molecule is CCN(C)C(=O)CC(=O)N(C)CC1OC2OC(C3COC(C)O3)C(O)C2O1. The molecule has 3 aliphatic rings. The Labute approximate surface area is 158 Å². The van der Waals surface area contributed by atoms with E-state index in [2.05, 4.69) is 0 Å². The quantitative estimate of drug-likeness (QED) is 0.572. The molecule has 10 heteroatoms. The zero-order valence-electron chi connectivity index (χ0n) is 16.1. The molecule has 3 heterocycles. The Morgan fingerprint density at radius 1 is 1.04 bits per heavy atom. The first-order chi connectivity index (χ1) is 12.8. The van der Waals surface area contributed by atoms with Gasteiger partial charge in [0.2, 0.25) is 11.8 Å². The number of likely N-dealkylation sites (N-methyl/N-ethyl adjacent to an activating group) is 1. The minimum atomic E-state index is -0.917. The molecule has 0 aromatic carbocycles. The van der Waals surface area contributed by atoms with Crippen LogP contribution in [0.25, 0.3) is 0 Å². The van der Waals surface area contributed by atoms with Crippen molar-refractivity contribution in [3.63, 3.8) is 0 Å². The van der Waals surface area contributed by atoms with E-state index < -0.39 is 30.9 Å². The third kappa shape index (κ3) is 4.41. The smallest absolute Gasteiger partial charge is 0.231 e. The van der Waals surface area contributed by atoms with Crippen LogP contribution in [-0.2, 0) is 33.3 Å². The van der Waals surface area contributed by atoms with Crippen molar-refractivity contribution in [3.05, 3.63) is 0 Å². The third-order valence-corrected chi connectivity index (χ3v) is 5.11. The van der Waals surface area contributed by atoms with Crippen LogP contribution in [0.2, 0.25) is 0 Å². The Morgan fingerprint density at radius 2 is 1.74 bits per heavy atom. The minimum absolute atomic E-state index is 0.135. The Balaban J connectivity index is 1.47. The highest BCUT2D eigenvalue weighted by Crippen LogP contribution is 2.36. The second-order valence-electron chi connectivity index (χ2n) is 7.06. The Kier molecular flexibility index (Phi) is 6.34. The maximum absolute atomic E-state index is 12.2. The highest BCUT2D eigenvalue weighted by atomic mass is 16.8. The number of carbonyl (C=O) groups excluding carboxylic acids is 2. The summed E-state index contributed by atoms with van der Waals surface area (Å²) in [5, 5.41) is 10.5. The number of rotatable bonds is 6. The maximum atomic E-state index is 12.2. The standard InChI is InChI=1S/C17H28N2O8/c1-5-18(3)11(20)6-12(21)19(4)7-13-25-16-14(22)15(27-17(16)26-13)10-8-23-9(2)24-10/h9-10,13-17,22H,5-8H2,1-4H3. The molecule has 0 aromatic heterocycles. The van der Waals surface area contributed by atoms with E-state index in [1.54, 1.807) is 21.0 Å². The molecule has 1 N–H and O–H groups in total. The van der Waals surface area contributed by atoms with Crippen molar-refractivity contribution in [2.24, 2.45) is 0 Å². The van der Waals surface area contributed by atoms with E-state index in [1.807, 2.05) is 6.92 Å². The van der Waals surface area contributed by atoms with Gasteiger partial charge in [-0.3, -0.25) is 9.59 Å². The lowest BCUT2D eigenvalue weighted by Crippen LogP contribution is -2.42. The minimum Gasteiger partial charge on any atom is -0.387 e. The molecule has 3 aliphatic heterocycles. The summed E-state index contributed by atoms with van der Waals surface area (Å²) in [4.78, 5) is 26.9. The molecule has 7 atom stereocenters. The van der Waals surface area contributed by atoms with E-state index in [9.17, 15) is 14.7 Å². The summed E-state index contributed by atoms with van der Waals surface area (Å²) in [5.74, 6) is -0.566. The van der Waals surface area contributed by atoms with Crippen LogP contribution < -0.4 is 0 Å². The van der Waals surface area contributed by atoms with Crippen LogP contribution in [0.15, 0.2) is 0 Å². The van der Waals surface area contributed by atoms with Crippen LogP contribution in [0.3, 0.4) is 0 Å². The summed E-state index contributed by atoms with van der Waals surface area (Å²) >= 11 is 0. The van der Waals surface area contributed by atoms with Crippen molar-refractivity contribution >= 4 is 11.8 Å². The van der Waals surface area contributed by atoms with Gasteiger partial charge in [-0.05, 0) is 13.8 Å². The maximum Gasteiger partial charge on any atom is 0.231 e. The number of ether oxygens (including phenoxy) is 5. The van der Waals surface area contributed by atoms with Crippen LogP contribution >= 0.6 is 0 Å². The summed E-state index contributed by atoms with van der Waals surface area (Å²) in [6.07, 6.45) is -4.55. The Hall–Kier alpha value is -1.30. The molecule has 2 amide bonds. The number of hydrogen-bond donors (Lipinski definition) is 1. The van der Waals surface area contributed by atoms with E-state index in [1.165, 1.54) is 9.80 Å². The molecule has 154 valence electrons. The van der Waals surface area contributed by atoms with Crippen LogP contribution in [0.5, 0.6) is 0 Å². The van der Waals surface area contributed by atoms with Crippen molar-refractivity contribution in [2.45, 2.75) is 63.6 Å². The Bertz CT molecular complexity index is 561. The Morgan fingerprint density at radius 3 is 2.33 bits per heavy atom. The third-order valence-electron chi connectivity index (χ3n) is 5.11. The van der Waals surface area contributed by atoms with E-state index in [4.69, 9.17) is 23.7 Å². The predicted molar refractivity (Wildman–Crippen MR) is 90.3 cm³/mol. The second kappa shape index (κ2) is 8.38. The zero-order chi connectivity index (χ0) is 19.7. The number of amides is 2. The van der Waals surface area contributed by atoms with Gasteiger partial charge in [-0.2, -0.15) is 0 Å². The van der Waals surface area contributed by atoms with E-state index >= 15 is 0 Å². The van der Waals surface area contributed by atoms with Gasteiger partial charge in [0, 0.05) is 20.6 Å². The average Bonchev–Trinajstić information content (AvgIpc) is 3.30. The molecule has 0 spiro atoms. The number of carbonyl (C=O) groups is 2. The highest BCUT2D eigenvalue weighted by Gasteiger charge is 2.55. The van der Waals surface area contributed by atoms with Gasteiger partial charge in [-0.1, -0.05) is 0 Å². The number of nitrogens with zero attached hydrogens (tertiary/aromatic N) is 2. The summed E-state index contributed by atoms with van der Waals surface area (Å²) in [6.45, 7) is 4.63. The van der Waals surface area contributed by atoms with Crippen LogP contribution in [0, 0.1) is 0 Å². The molecule has 0 saturated carbocycles. The van der Waals surface area contributed by atoms with Crippen molar-refractivity contribution in [1.29, 1.82) is 0 Å². The molecule has 0 radical (unpaired) electrons. The number of fused-ring (bicyclic) bond motifs is 1. The molecular formula is C17H28N2O8. The van der Waals surface area contributed by atoms with Crippen molar-refractivity contribution < 1.29 is 38.4 Å². The van der Waals surface area contributed by atoms with Gasteiger partial charge in [0.25, 0.3) is 0 Å². The lowest BCUT2D eigenvalue weighted by Gasteiger charge is -2.25. The lowest BCUT2D eigenvalue weighted by molar-refractivity contribution is -0.193. The molecule has 10 nitrogen and oxygen atoms in total. The van der Waals surface area contributed by atoms with Crippen LogP contribution in [0.4, 0.5) is 0 Å². The molecular weight excluding hydrogens is 360 g/mol. The number of aliphatic hydroxyl groups excluding tert-OH is 1. The first-order valence-corrected chi connectivity index (χ1v) is 9.19. The van der Waals surface area contributed by atoms with Gasteiger partial charge in [0.05, 0.1) is 13.2 Å². The molecule has 0 bridgehead atoms. The summed E-state index contributed by atoms with van der Waals surface area (Å²) in [7, 11) is 3.22. The number of hydrogen-bond acceptors (Lipinski definition) is 8. The number of aliphatic hydroxyl groups is 1. The predicted octanol–water partition coefficient (Wildman–Crippen LogP) is -1.10. The molecule has 3 rings (SSSR count).